The van der Waals surface area contributed by atoms with Gasteiger partial charge in [-0.05, 0) is 103 Å². The summed E-state index contributed by atoms with van der Waals surface area (Å²) in [7, 11) is 0. The van der Waals surface area contributed by atoms with Gasteiger partial charge in [0.2, 0.25) is 5.91 Å². The standard InChI is InChI=1S/C77H131NO13/c1-3-5-7-9-11-13-15-17-19-21-23-25-27-29-31-32-33-35-36-38-40-42-44-46-48-50-52-54-56-58-60-66(81)65(64-88-76-74(87)72(85)75(68(63-80)90-76)91-77-73(86)71(84)70(83)67(62-79)89-77)78-69(82)61-59-57-55-53-51-49-47-45-43-41-39-37-34-30-28-26-24-22-20-18-16-14-12-10-8-6-4-2/h6,8,12,14,18,20,24,26,30,34,39,41-42,44-45,47,50,52,58,60,65-68,70-77,79-81,83-87H,3-5,7,9-11,13,15-17,19,21-23,25,27-29,31-33,35-38,40,43,46,48-49,51,53-57,59,61-64H2,1-2H3,(H,78,82)/b8-6-,14-12-,20-18-,26-24-,34-30-,41-39-,44-42+,47-45-,52-50+,60-58+. The number of amides is 1. The molecule has 0 bridgehead atoms. The van der Waals surface area contributed by atoms with E-state index in [1.807, 2.05) is 6.08 Å². The van der Waals surface area contributed by atoms with Gasteiger partial charge in [0.25, 0.3) is 0 Å². The summed E-state index contributed by atoms with van der Waals surface area (Å²) in [6, 6.07) is -0.960. The summed E-state index contributed by atoms with van der Waals surface area (Å²) >= 11 is 0. The van der Waals surface area contributed by atoms with E-state index in [4.69, 9.17) is 18.9 Å². The van der Waals surface area contributed by atoms with Crippen LogP contribution in [0.3, 0.4) is 0 Å². The van der Waals surface area contributed by atoms with Gasteiger partial charge in [0, 0.05) is 6.42 Å². The van der Waals surface area contributed by atoms with Gasteiger partial charge in [0.15, 0.2) is 12.6 Å². The smallest absolute Gasteiger partial charge is 0.220 e. The number of hydrogen-bond donors (Lipinski definition) is 9. The fraction of sp³-hybridized carbons (Fsp3) is 0.727. The van der Waals surface area contributed by atoms with Crippen LogP contribution in [0.15, 0.2) is 122 Å². The Morgan fingerprint density at radius 1 is 0.407 bits per heavy atom. The Hall–Kier alpha value is -3.61. The molecule has 522 valence electrons. The van der Waals surface area contributed by atoms with Gasteiger partial charge in [-0.15, -0.1) is 0 Å². The van der Waals surface area contributed by atoms with Crippen molar-refractivity contribution in [1.82, 2.24) is 5.32 Å². The Morgan fingerprint density at radius 2 is 0.769 bits per heavy atom. The average Bonchev–Trinajstić information content (AvgIpc) is 1.07. The maximum atomic E-state index is 13.3. The molecular formula is C77H131NO13. The van der Waals surface area contributed by atoms with E-state index in [-0.39, 0.29) is 18.9 Å². The number of carbonyl (C=O) groups excluding carboxylic acids is 1. The van der Waals surface area contributed by atoms with Crippen LogP contribution in [0.1, 0.15) is 264 Å². The van der Waals surface area contributed by atoms with E-state index >= 15 is 0 Å². The molecule has 0 aromatic heterocycles. The molecule has 0 aromatic rings. The molecule has 0 radical (unpaired) electrons. The molecule has 12 atom stereocenters. The molecule has 2 heterocycles. The molecule has 0 saturated carbocycles. The lowest BCUT2D eigenvalue weighted by atomic mass is 9.97. The molecule has 12 unspecified atom stereocenters. The van der Waals surface area contributed by atoms with Gasteiger partial charge in [0.05, 0.1) is 32.0 Å². The molecule has 0 aromatic carbocycles. The number of aliphatic hydroxyl groups is 8. The average molecular weight is 1280 g/mol. The van der Waals surface area contributed by atoms with E-state index in [2.05, 4.69) is 129 Å². The molecule has 91 heavy (non-hydrogen) atoms. The van der Waals surface area contributed by atoms with Crippen molar-refractivity contribution >= 4 is 5.91 Å². The number of ether oxygens (including phenoxy) is 4. The zero-order valence-corrected chi connectivity index (χ0v) is 56.8. The van der Waals surface area contributed by atoms with E-state index in [9.17, 15) is 45.6 Å². The number of carbonyl (C=O) groups is 1. The van der Waals surface area contributed by atoms with Gasteiger partial charge in [-0.2, -0.15) is 0 Å². The lowest BCUT2D eigenvalue weighted by Gasteiger charge is -2.46. The van der Waals surface area contributed by atoms with Crippen LogP contribution in [-0.4, -0.2) is 140 Å². The Morgan fingerprint density at radius 3 is 1.21 bits per heavy atom. The minimum Gasteiger partial charge on any atom is -0.394 e. The van der Waals surface area contributed by atoms with Gasteiger partial charge < -0.3 is 65.1 Å². The minimum absolute atomic E-state index is 0.239. The molecule has 14 heteroatoms. The Kier molecular flexibility index (Phi) is 55.1. The highest BCUT2D eigenvalue weighted by molar-refractivity contribution is 5.76. The second-order valence-electron chi connectivity index (χ2n) is 25.0. The molecule has 2 rings (SSSR count). The molecule has 0 spiro atoms. The predicted octanol–water partition coefficient (Wildman–Crippen LogP) is 15.3. The third-order valence-electron chi connectivity index (χ3n) is 16.9. The number of allylic oxidation sites excluding steroid dienone is 19. The number of unbranched alkanes of at least 4 members (excludes halogenated alkanes) is 27. The summed E-state index contributed by atoms with van der Waals surface area (Å²) in [6.07, 6.45) is 71.1. The second kappa shape index (κ2) is 60.1. The van der Waals surface area contributed by atoms with Crippen LogP contribution in [0.4, 0.5) is 0 Å². The van der Waals surface area contributed by atoms with Crippen LogP contribution in [0.2, 0.25) is 0 Å². The monoisotopic (exact) mass is 1280 g/mol. The first-order valence-corrected chi connectivity index (χ1v) is 36.3. The van der Waals surface area contributed by atoms with Crippen LogP contribution in [0.25, 0.3) is 0 Å². The molecule has 2 aliphatic rings. The summed E-state index contributed by atoms with van der Waals surface area (Å²) in [5.41, 5.74) is 0. The third-order valence-corrected chi connectivity index (χ3v) is 16.9. The van der Waals surface area contributed by atoms with Crippen molar-refractivity contribution in [3.8, 4) is 0 Å². The summed E-state index contributed by atoms with van der Waals surface area (Å²) in [5, 5.41) is 87.4. The molecule has 1 amide bonds. The Bertz CT molecular complexity index is 1990. The maximum Gasteiger partial charge on any atom is 0.220 e. The van der Waals surface area contributed by atoms with E-state index in [1.165, 1.54) is 128 Å². The SMILES string of the molecule is CC/C=C\C/C=C\C/C=C\C/C=C\C/C=C\C/C=C\C/C=C\CCCCCCCC(=O)NC(COC1OC(CO)C(OC2OC(CO)C(O)C(O)C2O)C(O)C1O)C(O)/C=C/CC/C=C/CC/C=C/CCCCCCCCCCCCCCCCCCCCCC. The highest BCUT2D eigenvalue weighted by Gasteiger charge is 2.51. The molecule has 0 aliphatic carbocycles. The fourth-order valence-electron chi connectivity index (χ4n) is 11.1. The van der Waals surface area contributed by atoms with Crippen LogP contribution in [0.5, 0.6) is 0 Å². The topological polar surface area (TPSA) is 228 Å². The summed E-state index contributed by atoms with van der Waals surface area (Å²) in [5.74, 6) is -0.275. The van der Waals surface area contributed by atoms with Crippen LogP contribution < -0.4 is 5.32 Å². The Labute approximate surface area is 552 Å². The zero-order chi connectivity index (χ0) is 65.9. The van der Waals surface area contributed by atoms with Crippen molar-refractivity contribution in [2.75, 3.05) is 19.8 Å². The first-order chi connectivity index (χ1) is 44.6. The molecule has 14 nitrogen and oxygen atoms in total. The van der Waals surface area contributed by atoms with Crippen molar-refractivity contribution in [3.05, 3.63) is 122 Å². The summed E-state index contributed by atoms with van der Waals surface area (Å²) < 4.78 is 22.8. The largest absolute Gasteiger partial charge is 0.394 e. The minimum atomic E-state index is -1.80. The van der Waals surface area contributed by atoms with Crippen molar-refractivity contribution < 1.29 is 64.6 Å². The quantitative estimate of drug-likeness (QED) is 0.0204. The summed E-state index contributed by atoms with van der Waals surface area (Å²) in [4.78, 5) is 13.3. The van der Waals surface area contributed by atoms with Gasteiger partial charge in [-0.3, -0.25) is 4.79 Å². The highest BCUT2D eigenvalue weighted by atomic mass is 16.7. The van der Waals surface area contributed by atoms with E-state index < -0.39 is 86.8 Å². The van der Waals surface area contributed by atoms with Gasteiger partial charge in [0.1, 0.15) is 48.8 Å². The molecule has 2 saturated heterocycles. The second-order valence-corrected chi connectivity index (χ2v) is 25.0. The van der Waals surface area contributed by atoms with E-state index in [0.717, 1.165) is 103 Å². The zero-order valence-electron chi connectivity index (χ0n) is 56.8. The normalized spacial score (nSPS) is 23.5. The van der Waals surface area contributed by atoms with Gasteiger partial charge in [-0.25, -0.2) is 0 Å². The van der Waals surface area contributed by atoms with Gasteiger partial charge >= 0.3 is 0 Å². The molecule has 2 aliphatic heterocycles. The number of hydrogen-bond acceptors (Lipinski definition) is 13. The third kappa shape index (κ3) is 43.9. The lowest BCUT2D eigenvalue weighted by molar-refractivity contribution is -0.359. The molecule has 9 N–H and O–H groups in total. The number of nitrogens with one attached hydrogen (secondary N) is 1. The van der Waals surface area contributed by atoms with Gasteiger partial charge in [-0.1, -0.05) is 277 Å². The van der Waals surface area contributed by atoms with E-state index in [1.54, 1.807) is 6.08 Å². The van der Waals surface area contributed by atoms with Crippen molar-refractivity contribution in [2.24, 2.45) is 0 Å². The molecular weight excluding hydrogens is 1150 g/mol. The molecule has 2 fully saturated rings. The number of rotatable bonds is 58. The predicted molar refractivity (Wildman–Crippen MR) is 373 cm³/mol. The van der Waals surface area contributed by atoms with E-state index in [0.29, 0.717) is 12.8 Å². The number of aliphatic hydroxyl groups excluding tert-OH is 8. The first kappa shape index (κ1) is 83.5. The van der Waals surface area contributed by atoms with Crippen LogP contribution in [-0.2, 0) is 23.7 Å². The fourth-order valence-corrected chi connectivity index (χ4v) is 11.1. The maximum absolute atomic E-state index is 13.3. The first-order valence-electron chi connectivity index (χ1n) is 36.3. The summed E-state index contributed by atoms with van der Waals surface area (Å²) in [6.45, 7) is 2.66. The van der Waals surface area contributed by atoms with Crippen molar-refractivity contribution in [1.29, 1.82) is 0 Å². The van der Waals surface area contributed by atoms with Crippen molar-refractivity contribution in [2.45, 2.75) is 338 Å². The van der Waals surface area contributed by atoms with Crippen LogP contribution >= 0.6 is 0 Å². The highest BCUT2D eigenvalue weighted by Crippen LogP contribution is 2.30. The van der Waals surface area contributed by atoms with Crippen molar-refractivity contribution in [3.63, 3.8) is 0 Å². The Balaban J connectivity index is 1.72. The lowest BCUT2D eigenvalue weighted by Crippen LogP contribution is -2.65. The van der Waals surface area contributed by atoms with Crippen LogP contribution in [0, 0.1) is 0 Å².